The van der Waals surface area contributed by atoms with Crippen molar-refractivity contribution in [3.63, 3.8) is 0 Å². The van der Waals surface area contributed by atoms with E-state index >= 15 is 0 Å². The summed E-state index contributed by atoms with van der Waals surface area (Å²) < 4.78 is 20.4. The predicted molar refractivity (Wildman–Crippen MR) is 44.3 cm³/mol. The normalized spacial score (nSPS) is 17.2. The molecule has 0 aromatic carbocycles. The summed E-state index contributed by atoms with van der Waals surface area (Å²) in [5, 5.41) is 0. The summed E-state index contributed by atoms with van der Waals surface area (Å²) in [5.41, 5.74) is 0. The molecule has 0 rings (SSSR count). The maximum absolute atomic E-state index is 11.3. The van der Waals surface area contributed by atoms with Gasteiger partial charge in [0.05, 0.1) is 0 Å². The Labute approximate surface area is 63.5 Å². The van der Waals surface area contributed by atoms with E-state index in [4.69, 9.17) is 4.78 Å². The minimum absolute atomic E-state index is 0.425. The standard InChI is InChI=1S/C6H16N2OS/c1-4-8(5-2)10(7,9)6-3/h7H,4-6H2,1-3H3. The molecule has 62 valence electrons. The molecule has 0 saturated heterocycles. The third-order valence-corrected chi connectivity index (χ3v) is 3.65. The van der Waals surface area contributed by atoms with Crippen LogP contribution in [-0.2, 0) is 9.92 Å². The van der Waals surface area contributed by atoms with Gasteiger partial charge in [0, 0.05) is 18.8 Å². The van der Waals surface area contributed by atoms with E-state index in [0.29, 0.717) is 18.8 Å². The van der Waals surface area contributed by atoms with Gasteiger partial charge in [-0.1, -0.05) is 20.8 Å². The highest BCUT2D eigenvalue weighted by Crippen LogP contribution is 2.00. The van der Waals surface area contributed by atoms with Crippen molar-refractivity contribution in [1.82, 2.24) is 4.31 Å². The molecule has 0 saturated carbocycles. The zero-order chi connectivity index (χ0) is 8.20. The lowest BCUT2D eigenvalue weighted by atomic mass is 10.7. The molecule has 0 aliphatic heterocycles. The zero-order valence-electron chi connectivity index (χ0n) is 6.89. The fourth-order valence-corrected chi connectivity index (χ4v) is 2.02. The summed E-state index contributed by atoms with van der Waals surface area (Å²) in [5.74, 6) is 0.425. The summed E-state index contributed by atoms with van der Waals surface area (Å²) in [6, 6.07) is 0. The van der Waals surface area contributed by atoms with Gasteiger partial charge in [-0.15, -0.1) is 0 Å². The first-order valence-corrected chi connectivity index (χ1v) is 5.28. The number of nitrogens with one attached hydrogen (secondary N) is 1. The van der Waals surface area contributed by atoms with Crippen LogP contribution in [0, 0.1) is 4.78 Å². The van der Waals surface area contributed by atoms with Crippen LogP contribution in [0.5, 0.6) is 0 Å². The third-order valence-electron chi connectivity index (χ3n) is 1.51. The van der Waals surface area contributed by atoms with E-state index in [0.717, 1.165) is 0 Å². The predicted octanol–water partition coefficient (Wildman–Crippen LogP) is 1.31. The highest BCUT2D eigenvalue weighted by Gasteiger charge is 2.10. The van der Waals surface area contributed by atoms with Gasteiger partial charge in [0.15, 0.2) is 0 Å². The summed E-state index contributed by atoms with van der Waals surface area (Å²) in [4.78, 5) is 0. The number of nitrogens with zero attached hydrogens (tertiary/aromatic N) is 1. The number of rotatable bonds is 4. The zero-order valence-corrected chi connectivity index (χ0v) is 7.70. The monoisotopic (exact) mass is 164 g/mol. The molecule has 0 fully saturated rings. The maximum Gasteiger partial charge on any atom is 0.107 e. The molecule has 4 heteroatoms. The van der Waals surface area contributed by atoms with Crippen LogP contribution >= 0.6 is 0 Å². The largest absolute Gasteiger partial charge is 0.240 e. The van der Waals surface area contributed by atoms with Crippen molar-refractivity contribution in [2.24, 2.45) is 0 Å². The number of hydrogen-bond acceptors (Lipinski definition) is 2. The molecule has 0 aliphatic rings. The van der Waals surface area contributed by atoms with Crippen molar-refractivity contribution < 1.29 is 4.21 Å². The van der Waals surface area contributed by atoms with Gasteiger partial charge in [-0.3, -0.25) is 0 Å². The van der Waals surface area contributed by atoms with Crippen LogP contribution in [0.15, 0.2) is 0 Å². The lowest BCUT2D eigenvalue weighted by molar-refractivity contribution is 0.481. The molecule has 1 unspecified atom stereocenters. The summed E-state index contributed by atoms with van der Waals surface area (Å²) in [7, 11) is -2.43. The molecule has 0 aliphatic carbocycles. The van der Waals surface area contributed by atoms with Gasteiger partial charge in [-0.2, -0.15) is 0 Å². The Morgan fingerprint density at radius 1 is 1.30 bits per heavy atom. The van der Waals surface area contributed by atoms with Crippen molar-refractivity contribution >= 4 is 9.92 Å². The molecule has 1 N–H and O–H groups in total. The summed E-state index contributed by atoms with van der Waals surface area (Å²) in [6.45, 7) is 7.04. The Hall–Kier alpha value is -0.0900. The van der Waals surface area contributed by atoms with Crippen molar-refractivity contribution in [3.8, 4) is 0 Å². The van der Waals surface area contributed by atoms with Crippen LogP contribution in [0.25, 0.3) is 0 Å². The highest BCUT2D eigenvalue weighted by molar-refractivity contribution is 7.90. The van der Waals surface area contributed by atoms with E-state index in [1.54, 1.807) is 11.2 Å². The average Bonchev–Trinajstić information content (AvgIpc) is 1.90. The van der Waals surface area contributed by atoms with Crippen LogP contribution in [0.2, 0.25) is 0 Å². The number of hydrogen-bond donors (Lipinski definition) is 1. The smallest absolute Gasteiger partial charge is 0.107 e. The summed E-state index contributed by atoms with van der Waals surface area (Å²) in [6.07, 6.45) is 0. The second-order valence-corrected chi connectivity index (χ2v) is 4.42. The quantitative estimate of drug-likeness (QED) is 0.669. The lowest BCUT2D eigenvalue weighted by Crippen LogP contribution is -2.30. The topological polar surface area (TPSA) is 44.2 Å². The van der Waals surface area contributed by atoms with Crippen molar-refractivity contribution in [1.29, 1.82) is 4.78 Å². The first kappa shape index (κ1) is 9.91. The Kier molecular flexibility index (Phi) is 3.89. The average molecular weight is 164 g/mol. The molecule has 1 atom stereocenters. The first-order chi connectivity index (χ1) is 4.58. The van der Waals surface area contributed by atoms with Crippen molar-refractivity contribution in [2.45, 2.75) is 20.8 Å². The van der Waals surface area contributed by atoms with E-state index < -0.39 is 9.92 Å². The van der Waals surface area contributed by atoms with Gasteiger partial charge >= 0.3 is 0 Å². The molecule has 3 nitrogen and oxygen atoms in total. The molecule has 10 heavy (non-hydrogen) atoms. The van der Waals surface area contributed by atoms with Crippen molar-refractivity contribution in [3.05, 3.63) is 0 Å². The van der Waals surface area contributed by atoms with Crippen LogP contribution in [0.4, 0.5) is 0 Å². The maximum atomic E-state index is 11.3. The van der Waals surface area contributed by atoms with Gasteiger partial charge in [0.1, 0.15) is 9.92 Å². The van der Waals surface area contributed by atoms with Crippen LogP contribution in [-0.4, -0.2) is 27.4 Å². The van der Waals surface area contributed by atoms with E-state index in [1.807, 2.05) is 13.8 Å². The highest BCUT2D eigenvalue weighted by atomic mass is 32.2. The minimum atomic E-state index is -2.43. The Morgan fingerprint density at radius 3 is 1.80 bits per heavy atom. The van der Waals surface area contributed by atoms with Crippen LogP contribution in [0.3, 0.4) is 0 Å². The molecule has 0 radical (unpaired) electrons. The first-order valence-electron chi connectivity index (χ1n) is 3.60. The molecule has 0 spiro atoms. The lowest BCUT2D eigenvalue weighted by Gasteiger charge is -2.19. The fourth-order valence-electron chi connectivity index (χ4n) is 0.823. The molecular formula is C6H16N2OS. The Balaban J connectivity index is 4.28. The van der Waals surface area contributed by atoms with Crippen LogP contribution < -0.4 is 0 Å². The molecule has 0 bridgehead atoms. The van der Waals surface area contributed by atoms with Gasteiger partial charge in [0.2, 0.25) is 0 Å². The van der Waals surface area contributed by atoms with Crippen LogP contribution in [0.1, 0.15) is 20.8 Å². The Bertz CT molecular complexity index is 170. The minimum Gasteiger partial charge on any atom is -0.240 e. The molecule has 0 aromatic heterocycles. The molecular weight excluding hydrogens is 148 g/mol. The van der Waals surface area contributed by atoms with Gasteiger partial charge in [-0.25, -0.2) is 13.3 Å². The second kappa shape index (κ2) is 3.93. The van der Waals surface area contributed by atoms with E-state index in [-0.39, 0.29) is 0 Å². The SMILES string of the molecule is CCN(CC)S(=N)(=O)CC. The van der Waals surface area contributed by atoms with E-state index in [9.17, 15) is 4.21 Å². The Morgan fingerprint density at radius 2 is 1.70 bits per heavy atom. The fraction of sp³-hybridized carbons (Fsp3) is 1.00. The van der Waals surface area contributed by atoms with E-state index in [2.05, 4.69) is 0 Å². The van der Waals surface area contributed by atoms with E-state index in [1.165, 1.54) is 0 Å². The van der Waals surface area contributed by atoms with Gasteiger partial charge in [0.25, 0.3) is 0 Å². The summed E-state index contributed by atoms with van der Waals surface area (Å²) >= 11 is 0. The molecule has 0 aromatic rings. The molecule has 0 heterocycles. The van der Waals surface area contributed by atoms with Gasteiger partial charge in [-0.05, 0) is 0 Å². The third kappa shape index (κ3) is 2.27. The second-order valence-electron chi connectivity index (χ2n) is 2.04. The van der Waals surface area contributed by atoms with Gasteiger partial charge < -0.3 is 0 Å². The van der Waals surface area contributed by atoms with Crippen molar-refractivity contribution in [2.75, 3.05) is 18.8 Å². The molecule has 0 amide bonds.